The molecule has 0 amide bonds. The van der Waals surface area contributed by atoms with E-state index in [1.807, 2.05) is 11.8 Å². The lowest BCUT2D eigenvalue weighted by Gasteiger charge is -2.24. The zero-order valence-electron chi connectivity index (χ0n) is 8.34. The monoisotopic (exact) mass is 188 g/mol. The summed E-state index contributed by atoms with van der Waals surface area (Å²) in [6.45, 7) is 6.63. The first-order valence-electron chi connectivity index (χ1n) is 4.90. The molecule has 12 heavy (non-hydrogen) atoms. The Hall–Kier alpha value is 0.310. The molecule has 0 aromatic carbocycles. The second-order valence-electron chi connectivity index (χ2n) is 4.27. The highest BCUT2D eigenvalue weighted by Crippen LogP contribution is 2.38. The van der Waals surface area contributed by atoms with Crippen LogP contribution in [0.15, 0.2) is 0 Å². The van der Waals surface area contributed by atoms with E-state index in [2.05, 4.69) is 20.8 Å². The van der Waals surface area contributed by atoms with Crippen LogP contribution in [0.25, 0.3) is 0 Å². The molecule has 0 aromatic rings. The topological polar surface area (TPSA) is 20.2 Å². The second kappa shape index (κ2) is 4.01. The minimum absolute atomic E-state index is 0.348. The zero-order valence-corrected chi connectivity index (χ0v) is 9.16. The summed E-state index contributed by atoms with van der Waals surface area (Å²) in [6, 6.07) is 0. The predicted octanol–water partition coefficient (Wildman–Crippen LogP) is 2.68. The first-order valence-corrected chi connectivity index (χ1v) is 5.94. The maximum Gasteiger partial charge on any atom is 0.0750 e. The van der Waals surface area contributed by atoms with Crippen molar-refractivity contribution in [3.63, 3.8) is 0 Å². The van der Waals surface area contributed by atoms with Crippen LogP contribution in [0, 0.1) is 5.92 Å². The molecule has 72 valence electrons. The summed E-state index contributed by atoms with van der Waals surface area (Å²) >= 11 is 1.91. The third-order valence-electron chi connectivity index (χ3n) is 2.73. The maximum absolute atomic E-state index is 10.1. The van der Waals surface area contributed by atoms with Gasteiger partial charge in [-0.3, -0.25) is 0 Å². The van der Waals surface area contributed by atoms with Crippen molar-refractivity contribution in [3.8, 4) is 0 Å². The van der Waals surface area contributed by atoms with Gasteiger partial charge in [0.2, 0.25) is 0 Å². The molecule has 0 aliphatic carbocycles. The summed E-state index contributed by atoms with van der Waals surface area (Å²) < 4.78 is 0. The molecule has 1 nitrogen and oxygen atoms in total. The van der Waals surface area contributed by atoms with Crippen LogP contribution in [0.2, 0.25) is 0 Å². The van der Waals surface area contributed by atoms with Gasteiger partial charge in [0.25, 0.3) is 0 Å². The fraction of sp³-hybridized carbons (Fsp3) is 1.00. The van der Waals surface area contributed by atoms with Crippen LogP contribution in [0.4, 0.5) is 0 Å². The van der Waals surface area contributed by atoms with Crippen LogP contribution in [0.3, 0.4) is 0 Å². The Bertz CT molecular complexity index is 149. The molecule has 1 rings (SSSR count). The van der Waals surface area contributed by atoms with Crippen molar-refractivity contribution in [2.24, 2.45) is 5.92 Å². The van der Waals surface area contributed by atoms with Gasteiger partial charge in [-0.2, -0.15) is 11.8 Å². The third kappa shape index (κ3) is 2.67. The van der Waals surface area contributed by atoms with Gasteiger partial charge < -0.3 is 5.11 Å². The van der Waals surface area contributed by atoms with Crippen molar-refractivity contribution in [2.75, 3.05) is 5.75 Å². The highest BCUT2D eigenvalue weighted by atomic mass is 32.2. The molecule has 0 saturated carbocycles. The van der Waals surface area contributed by atoms with E-state index in [1.165, 1.54) is 6.42 Å². The average molecular weight is 188 g/mol. The van der Waals surface area contributed by atoms with E-state index in [1.54, 1.807) is 0 Å². The molecule has 1 saturated heterocycles. The Balaban J connectivity index is 2.39. The molecule has 0 bridgehead atoms. The molecular formula is C10H20OS. The molecule has 1 N–H and O–H groups in total. The van der Waals surface area contributed by atoms with Gasteiger partial charge in [0.15, 0.2) is 0 Å². The van der Waals surface area contributed by atoms with Gasteiger partial charge in [0, 0.05) is 11.0 Å². The first kappa shape index (κ1) is 10.4. The third-order valence-corrected chi connectivity index (χ3v) is 4.17. The predicted molar refractivity (Wildman–Crippen MR) is 55.6 cm³/mol. The number of thioether (sulfide) groups is 1. The molecule has 3 atom stereocenters. The maximum atomic E-state index is 10.1. The molecule has 2 heteroatoms. The van der Waals surface area contributed by atoms with Crippen molar-refractivity contribution in [1.29, 1.82) is 0 Å². The Morgan fingerprint density at radius 2 is 2.33 bits per heavy atom. The number of hydrogen-bond acceptors (Lipinski definition) is 2. The van der Waals surface area contributed by atoms with Crippen LogP contribution < -0.4 is 0 Å². The Morgan fingerprint density at radius 1 is 1.67 bits per heavy atom. The van der Waals surface area contributed by atoms with Gasteiger partial charge in [-0.1, -0.05) is 27.2 Å². The van der Waals surface area contributed by atoms with E-state index in [0.717, 1.165) is 18.6 Å². The summed E-state index contributed by atoms with van der Waals surface area (Å²) in [5, 5.41) is 10.8. The zero-order chi connectivity index (χ0) is 9.19. The minimum atomic E-state index is -0.348. The van der Waals surface area contributed by atoms with E-state index in [9.17, 15) is 5.11 Å². The molecule has 1 fully saturated rings. The lowest BCUT2D eigenvalue weighted by atomic mass is 9.88. The van der Waals surface area contributed by atoms with Crippen LogP contribution >= 0.6 is 11.8 Å². The standard InChI is InChI=1S/C10H20OS/c1-4-8(2)5-10(11)6-9(3)12-7-10/h8-9,11H,4-7H2,1-3H3. The molecule has 0 radical (unpaired) electrons. The number of rotatable bonds is 3. The van der Waals surface area contributed by atoms with Crippen LogP contribution in [0.5, 0.6) is 0 Å². The van der Waals surface area contributed by atoms with Crippen LogP contribution in [-0.4, -0.2) is 21.7 Å². The van der Waals surface area contributed by atoms with Crippen molar-refractivity contribution in [3.05, 3.63) is 0 Å². The summed E-state index contributed by atoms with van der Waals surface area (Å²) in [6.07, 6.45) is 3.16. The Kier molecular flexibility index (Phi) is 3.47. The fourth-order valence-electron chi connectivity index (χ4n) is 1.89. The van der Waals surface area contributed by atoms with Gasteiger partial charge in [-0.15, -0.1) is 0 Å². The molecule has 1 heterocycles. The second-order valence-corrected chi connectivity index (χ2v) is 5.69. The summed E-state index contributed by atoms with van der Waals surface area (Å²) in [7, 11) is 0. The van der Waals surface area contributed by atoms with Gasteiger partial charge in [-0.05, 0) is 18.8 Å². The Morgan fingerprint density at radius 3 is 2.75 bits per heavy atom. The SMILES string of the molecule is CCC(C)CC1(O)CSC(C)C1. The van der Waals surface area contributed by atoms with E-state index >= 15 is 0 Å². The Labute approximate surface area is 79.9 Å². The highest BCUT2D eigenvalue weighted by Gasteiger charge is 2.36. The summed E-state index contributed by atoms with van der Waals surface area (Å²) in [5.74, 6) is 1.61. The van der Waals surface area contributed by atoms with Crippen molar-refractivity contribution in [2.45, 2.75) is 50.9 Å². The van der Waals surface area contributed by atoms with Crippen LogP contribution in [0.1, 0.15) is 40.0 Å². The van der Waals surface area contributed by atoms with E-state index in [0.29, 0.717) is 11.2 Å². The summed E-state index contributed by atoms with van der Waals surface area (Å²) in [5.41, 5.74) is -0.348. The van der Waals surface area contributed by atoms with Crippen LogP contribution in [-0.2, 0) is 0 Å². The summed E-state index contributed by atoms with van der Waals surface area (Å²) in [4.78, 5) is 0. The van der Waals surface area contributed by atoms with E-state index in [-0.39, 0.29) is 5.60 Å². The number of hydrogen-bond donors (Lipinski definition) is 1. The molecule has 1 aliphatic heterocycles. The van der Waals surface area contributed by atoms with E-state index < -0.39 is 0 Å². The quantitative estimate of drug-likeness (QED) is 0.735. The lowest BCUT2D eigenvalue weighted by molar-refractivity contribution is 0.0393. The highest BCUT2D eigenvalue weighted by molar-refractivity contribution is 8.00. The van der Waals surface area contributed by atoms with Gasteiger partial charge >= 0.3 is 0 Å². The van der Waals surface area contributed by atoms with Gasteiger partial charge in [-0.25, -0.2) is 0 Å². The normalized spacial score (nSPS) is 38.5. The molecule has 0 spiro atoms. The van der Waals surface area contributed by atoms with Crippen molar-refractivity contribution >= 4 is 11.8 Å². The molecule has 3 unspecified atom stereocenters. The first-order chi connectivity index (χ1) is 5.56. The smallest absolute Gasteiger partial charge is 0.0750 e. The largest absolute Gasteiger partial charge is 0.389 e. The average Bonchev–Trinajstić information content (AvgIpc) is 2.30. The fourth-order valence-corrected chi connectivity index (χ4v) is 3.14. The van der Waals surface area contributed by atoms with Crippen molar-refractivity contribution < 1.29 is 5.11 Å². The van der Waals surface area contributed by atoms with Gasteiger partial charge in [0.05, 0.1) is 5.60 Å². The minimum Gasteiger partial charge on any atom is -0.389 e. The van der Waals surface area contributed by atoms with Crippen molar-refractivity contribution in [1.82, 2.24) is 0 Å². The van der Waals surface area contributed by atoms with E-state index in [4.69, 9.17) is 0 Å². The lowest BCUT2D eigenvalue weighted by Crippen LogP contribution is -2.30. The number of aliphatic hydroxyl groups is 1. The molecule has 1 aliphatic rings. The molecular weight excluding hydrogens is 168 g/mol. The molecule has 0 aromatic heterocycles. The van der Waals surface area contributed by atoms with Gasteiger partial charge in [0.1, 0.15) is 0 Å².